The third-order valence-corrected chi connectivity index (χ3v) is 5.85. The number of rotatable bonds is 7. The molecule has 2 fully saturated rings. The average molecular weight is 388 g/mol. The zero-order valence-corrected chi connectivity index (χ0v) is 16.6. The topological polar surface area (TPSA) is 72.3 Å². The van der Waals surface area contributed by atoms with Crippen LogP contribution in [-0.2, 0) is 4.79 Å². The second-order valence-electron chi connectivity index (χ2n) is 7.12. The van der Waals surface area contributed by atoms with Crippen LogP contribution in [0.5, 0.6) is 5.75 Å². The molecule has 0 radical (unpaired) electrons. The first-order valence-electron chi connectivity index (χ1n) is 9.43. The van der Waals surface area contributed by atoms with E-state index in [1.165, 1.54) is 37.4 Å². The summed E-state index contributed by atoms with van der Waals surface area (Å²) >= 11 is 1.45. The molecule has 2 heterocycles. The van der Waals surface area contributed by atoms with Gasteiger partial charge in [-0.2, -0.15) is 0 Å². The highest BCUT2D eigenvalue weighted by Crippen LogP contribution is 2.41. The summed E-state index contributed by atoms with van der Waals surface area (Å²) in [6.45, 7) is 4.08. The van der Waals surface area contributed by atoms with E-state index in [1.807, 2.05) is 25.1 Å². The van der Waals surface area contributed by atoms with Crippen molar-refractivity contribution in [2.75, 3.05) is 36.2 Å². The molecule has 4 rings (SSSR count). The molecule has 1 aromatic heterocycles. The van der Waals surface area contributed by atoms with Gasteiger partial charge in [0.25, 0.3) is 0 Å². The fraction of sp³-hybridized carbons (Fsp3) is 0.526. The summed E-state index contributed by atoms with van der Waals surface area (Å²) in [6.07, 6.45) is 4.75. The van der Waals surface area contributed by atoms with Crippen molar-refractivity contribution in [1.29, 1.82) is 0 Å². The van der Waals surface area contributed by atoms with E-state index in [2.05, 4.69) is 25.0 Å². The first-order chi connectivity index (χ1) is 13.2. The number of aromatic nitrogens is 3. The number of nitrogens with zero attached hydrogens (tertiary/aromatic N) is 4. The minimum Gasteiger partial charge on any atom is -0.495 e. The van der Waals surface area contributed by atoms with E-state index >= 15 is 0 Å². The number of aryl methyl sites for hydroxylation is 1. The van der Waals surface area contributed by atoms with Gasteiger partial charge in [0.15, 0.2) is 5.16 Å². The lowest BCUT2D eigenvalue weighted by Gasteiger charge is -2.18. The lowest BCUT2D eigenvalue weighted by molar-refractivity contribution is -0.113. The Labute approximate surface area is 163 Å². The number of amides is 1. The van der Waals surface area contributed by atoms with Crippen LogP contribution in [0, 0.1) is 6.92 Å². The monoisotopic (exact) mass is 387 g/mol. The zero-order chi connectivity index (χ0) is 18.8. The maximum atomic E-state index is 12.5. The average Bonchev–Trinajstić information content (AvgIpc) is 3.18. The Kier molecular flexibility index (Phi) is 5.24. The van der Waals surface area contributed by atoms with Gasteiger partial charge in [0.2, 0.25) is 11.9 Å². The summed E-state index contributed by atoms with van der Waals surface area (Å²) in [7, 11) is 1.60. The number of hydrogen-bond donors (Lipinski definition) is 1. The van der Waals surface area contributed by atoms with Crippen LogP contribution < -0.4 is 15.0 Å². The number of nitrogens with one attached hydrogen (secondary N) is 1. The molecule has 0 spiro atoms. The van der Waals surface area contributed by atoms with Crippen LogP contribution in [0.3, 0.4) is 0 Å². The molecule has 27 heavy (non-hydrogen) atoms. The Morgan fingerprint density at radius 1 is 1.30 bits per heavy atom. The Balaban J connectivity index is 1.43. The maximum absolute atomic E-state index is 12.5. The number of anilines is 2. The predicted octanol–water partition coefficient (Wildman–Crippen LogP) is 3.26. The number of methoxy groups -OCH3 is 1. The second kappa shape index (κ2) is 7.80. The van der Waals surface area contributed by atoms with Crippen LogP contribution in [0.1, 0.15) is 37.3 Å². The maximum Gasteiger partial charge on any atom is 0.234 e. The molecule has 1 saturated carbocycles. The summed E-state index contributed by atoms with van der Waals surface area (Å²) in [5.41, 5.74) is 1.77. The number of carbonyl (C=O) groups excluding carboxylic acids is 1. The summed E-state index contributed by atoms with van der Waals surface area (Å²) < 4.78 is 7.56. The molecule has 0 bridgehead atoms. The van der Waals surface area contributed by atoms with E-state index in [4.69, 9.17) is 4.74 Å². The number of benzene rings is 1. The van der Waals surface area contributed by atoms with Crippen molar-refractivity contribution in [3.05, 3.63) is 23.8 Å². The fourth-order valence-corrected chi connectivity index (χ4v) is 4.19. The van der Waals surface area contributed by atoms with Crippen molar-refractivity contribution in [3.63, 3.8) is 0 Å². The van der Waals surface area contributed by atoms with Gasteiger partial charge < -0.3 is 15.0 Å². The number of ether oxygens (including phenoxy) is 1. The molecule has 7 nitrogen and oxygen atoms in total. The fourth-order valence-electron chi connectivity index (χ4n) is 3.39. The molecular weight excluding hydrogens is 362 g/mol. The molecule has 1 aliphatic heterocycles. The normalized spacial score (nSPS) is 16.6. The van der Waals surface area contributed by atoms with Crippen molar-refractivity contribution < 1.29 is 9.53 Å². The third-order valence-electron chi connectivity index (χ3n) is 4.91. The third kappa shape index (κ3) is 4.05. The minimum absolute atomic E-state index is 0.0723. The van der Waals surface area contributed by atoms with Crippen molar-refractivity contribution >= 4 is 29.3 Å². The Morgan fingerprint density at radius 3 is 2.78 bits per heavy atom. The molecular formula is C19H25N5O2S. The molecule has 2 aromatic rings. The van der Waals surface area contributed by atoms with Crippen molar-refractivity contribution in [1.82, 2.24) is 14.8 Å². The summed E-state index contributed by atoms with van der Waals surface area (Å²) in [5.74, 6) is 1.86. The van der Waals surface area contributed by atoms with Crippen LogP contribution in [0.2, 0.25) is 0 Å². The van der Waals surface area contributed by atoms with Gasteiger partial charge in [-0.15, -0.1) is 10.2 Å². The van der Waals surface area contributed by atoms with Crippen LogP contribution >= 0.6 is 11.8 Å². The highest BCUT2D eigenvalue weighted by molar-refractivity contribution is 7.99. The molecule has 0 unspecified atom stereocenters. The van der Waals surface area contributed by atoms with Gasteiger partial charge in [-0.05, 0) is 50.3 Å². The lowest BCUT2D eigenvalue weighted by atomic mass is 10.2. The molecule has 8 heteroatoms. The van der Waals surface area contributed by atoms with E-state index in [-0.39, 0.29) is 5.91 Å². The smallest absolute Gasteiger partial charge is 0.234 e. The summed E-state index contributed by atoms with van der Waals surface area (Å²) in [6, 6.07) is 6.23. The van der Waals surface area contributed by atoms with Gasteiger partial charge in [-0.25, -0.2) is 0 Å². The number of thioether (sulfide) groups is 1. The first kappa shape index (κ1) is 18.2. The standard InChI is InChI=1S/C19H25N5O2S/c1-13-5-8-16(26-2)15(11-13)20-17(25)12-27-19-22-21-18(23-9-3-4-10-23)24(19)14-6-7-14/h5,8,11,14H,3-4,6-7,9-10,12H2,1-2H3,(H,20,25). The first-order valence-corrected chi connectivity index (χ1v) is 10.4. The van der Waals surface area contributed by atoms with Gasteiger partial charge in [-0.3, -0.25) is 9.36 Å². The van der Waals surface area contributed by atoms with Crippen molar-refractivity contribution in [2.24, 2.45) is 0 Å². The summed E-state index contributed by atoms with van der Waals surface area (Å²) in [4.78, 5) is 14.8. The lowest BCUT2D eigenvalue weighted by Crippen LogP contribution is -2.22. The van der Waals surface area contributed by atoms with Crippen molar-refractivity contribution in [3.8, 4) is 5.75 Å². The van der Waals surface area contributed by atoms with Gasteiger partial charge in [-0.1, -0.05) is 17.8 Å². The van der Waals surface area contributed by atoms with Crippen LogP contribution in [0.15, 0.2) is 23.4 Å². The highest BCUT2D eigenvalue weighted by atomic mass is 32.2. The molecule has 144 valence electrons. The molecule has 1 amide bonds. The molecule has 2 aliphatic rings. The van der Waals surface area contributed by atoms with E-state index in [0.717, 1.165) is 29.8 Å². The number of hydrogen-bond acceptors (Lipinski definition) is 6. The van der Waals surface area contributed by atoms with Gasteiger partial charge in [0.05, 0.1) is 18.6 Å². The molecule has 1 N–H and O–H groups in total. The quantitative estimate of drug-likeness (QED) is 0.735. The van der Waals surface area contributed by atoms with Crippen LogP contribution in [0.25, 0.3) is 0 Å². The Morgan fingerprint density at radius 2 is 2.07 bits per heavy atom. The SMILES string of the molecule is COc1ccc(C)cc1NC(=O)CSc1nnc(N2CCCC2)n1C1CC1. The Hall–Kier alpha value is -2.22. The second-order valence-corrected chi connectivity index (χ2v) is 8.06. The highest BCUT2D eigenvalue weighted by Gasteiger charge is 2.32. The molecule has 0 atom stereocenters. The van der Waals surface area contributed by atoms with Gasteiger partial charge >= 0.3 is 0 Å². The van der Waals surface area contributed by atoms with Gasteiger partial charge in [0.1, 0.15) is 5.75 Å². The van der Waals surface area contributed by atoms with Crippen molar-refractivity contribution in [2.45, 2.75) is 43.8 Å². The van der Waals surface area contributed by atoms with E-state index in [9.17, 15) is 4.79 Å². The predicted molar refractivity (Wildman–Crippen MR) is 107 cm³/mol. The molecule has 1 aliphatic carbocycles. The van der Waals surface area contributed by atoms with Gasteiger partial charge in [0, 0.05) is 19.1 Å². The van der Waals surface area contributed by atoms with E-state index in [0.29, 0.717) is 23.2 Å². The van der Waals surface area contributed by atoms with E-state index in [1.54, 1.807) is 7.11 Å². The number of carbonyl (C=O) groups is 1. The van der Waals surface area contributed by atoms with Crippen LogP contribution in [-0.4, -0.2) is 46.6 Å². The summed E-state index contributed by atoms with van der Waals surface area (Å²) in [5, 5.41) is 12.6. The minimum atomic E-state index is -0.0723. The van der Waals surface area contributed by atoms with E-state index < -0.39 is 0 Å². The molecule has 1 saturated heterocycles. The molecule has 1 aromatic carbocycles. The zero-order valence-electron chi connectivity index (χ0n) is 15.8. The largest absolute Gasteiger partial charge is 0.495 e. The van der Waals surface area contributed by atoms with Crippen LogP contribution in [0.4, 0.5) is 11.6 Å². The Bertz CT molecular complexity index is 828.